The van der Waals surface area contributed by atoms with Crippen LogP contribution in [0.4, 0.5) is 0 Å². The molecule has 162 valence electrons. The predicted molar refractivity (Wildman–Crippen MR) is 110 cm³/mol. The van der Waals surface area contributed by atoms with Crippen LogP contribution in [0, 0.1) is 0 Å². The lowest BCUT2D eigenvalue weighted by Gasteiger charge is -2.24. The highest BCUT2D eigenvalue weighted by Crippen LogP contribution is 2.46. The molecule has 31 heavy (non-hydrogen) atoms. The van der Waals surface area contributed by atoms with Crippen LogP contribution in [0.2, 0.25) is 5.02 Å². The van der Waals surface area contributed by atoms with Gasteiger partial charge in [-0.2, -0.15) is 0 Å². The summed E-state index contributed by atoms with van der Waals surface area (Å²) in [4.78, 5) is 11.6. The van der Waals surface area contributed by atoms with Crippen LogP contribution >= 0.6 is 11.6 Å². The summed E-state index contributed by atoms with van der Waals surface area (Å²) in [5, 5.41) is 27.9. The van der Waals surface area contributed by atoms with E-state index in [1.165, 1.54) is 14.2 Å². The quantitative estimate of drug-likeness (QED) is 0.594. The van der Waals surface area contributed by atoms with Crippen molar-refractivity contribution in [3.63, 3.8) is 0 Å². The van der Waals surface area contributed by atoms with Gasteiger partial charge >= 0.3 is 5.97 Å². The Bertz CT molecular complexity index is 1130. The lowest BCUT2D eigenvalue weighted by Crippen LogP contribution is -2.16. The molecule has 0 fully saturated rings. The van der Waals surface area contributed by atoms with Gasteiger partial charge in [0, 0.05) is 16.1 Å². The summed E-state index contributed by atoms with van der Waals surface area (Å²) < 4.78 is 19.0. The second-order valence-electron chi connectivity index (χ2n) is 6.86. The molecule has 9 nitrogen and oxygen atoms in total. The molecule has 10 heteroatoms. The third-order valence-corrected chi connectivity index (χ3v) is 5.31. The molecule has 1 aliphatic rings. The molecule has 0 amide bonds. The van der Waals surface area contributed by atoms with Gasteiger partial charge in [0.2, 0.25) is 0 Å². The number of nitrogens with zero attached hydrogens (tertiary/aromatic N) is 3. The van der Waals surface area contributed by atoms with Crippen molar-refractivity contribution in [2.75, 3.05) is 14.2 Å². The molecule has 0 aliphatic carbocycles. The standard InChI is InChI=1S/C21H20ClN3O6/c1-29-15-5-3-4-12(20(15)30-2)19-13-8-11(22)6-7-14(13)25-17(10-26)23-24-21(25)16(31-19)9-18(27)28/h3-8,16,19,26H,9-10H2,1-2H3,(H,27,28). The number of aromatic nitrogens is 3. The summed E-state index contributed by atoms with van der Waals surface area (Å²) in [6.45, 7) is -0.387. The number of halogens is 1. The van der Waals surface area contributed by atoms with E-state index in [0.717, 1.165) is 0 Å². The van der Waals surface area contributed by atoms with E-state index >= 15 is 0 Å². The lowest BCUT2D eigenvalue weighted by molar-refractivity contribution is -0.141. The topological polar surface area (TPSA) is 116 Å². The highest BCUT2D eigenvalue weighted by Gasteiger charge is 2.36. The van der Waals surface area contributed by atoms with Crippen molar-refractivity contribution in [1.29, 1.82) is 0 Å². The van der Waals surface area contributed by atoms with E-state index in [9.17, 15) is 15.0 Å². The lowest BCUT2D eigenvalue weighted by atomic mass is 9.98. The van der Waals surface area contributed by atoms with E-state index in [-0.39, 0.29) is 24.7 Å². The van der Waals surface area contributed by atoms with Crippen LogP contribution in [0.1, 0.15) is 41.4 Å². The van der Waals surface area contributed by atoms with Gasteiger partial charge in [-0.25, -0.2) is 0 Å². The first-order valence-corrected chi connectivity index (χ1v) is 9.79. The van der Waals surface area contributed by atoms with Gasteiger partial charge in [-0.05, 0) is 24.3 Å². The van der Waals surface area contributed by atoms with E-state index < -0.39 is 18.2 Å². The van der Waals surface area contributed by atoms with Crippen molar-refractivity contribution >= 4 is 17.6 Å². The summed E-state index contributed by atoms with van der Waals surface area (Å²) in [6, 6.07) is 10.5. The van der Waals surface area contributed by atoms with Gasteiger partial charge in [-0.3, -0.25) is 9.36 Å². The summed E-state index contributed by atoms with van der Waals surface area (Å²) in [5.41, 5.74) is 1.89. The zero-order chi connectivity index (χ0) is 22.1. The van der Waals surface area contributed by atoms with Gasteiger partial charge in [0.05, 0.1) is 26.3 Å². The van der Waals surface area contributed by atoms with Crippen molar-refractivity contribution in [3.05, 3.63) is 64.2 Å². The number of rotatable bonds is 6. The van der Waals surface area contributed by atoms with E-state index in [4.69, 9.17) is 25.8 Å². The molecule has 0 radical (unpaired) electrons. The fourth-order valence-electron chi connectivity index (χ4n) is 3.80. The fraction of sp³-hybridized carbons (Fsp3) is 0.286. The number of hydrogen-bond donors (Lipinski definition) is 2. The largest absolute Gasteiger partial charge is 0.493 e. The summed E-state index contributed by atoms with van der Waals surface area (Å²) in [6.07, 6.45) is -2.05. The first-order valence-electron chi connectivity index (χ1n) is 9.41. The number of ether oxygens (including phenoxy) is 3. The number of aliphatic hydroxyl groups is 1. The van der Waals surface area contributed by atoms with Crippen molar-refractivity contribution in [1.82, 2.24) is 14.8 Å². The number of aliphatic carboxylic acids is 1. The molecule has 2 atom stereocenters. The average molecular weight is 446 g/mol. The monoisotopic (exact) mass is 445 g/mol. The Kier molecular flexibility index (Phi) is 5.81. The number of benzene rings is 2. The molecule has 1 aromatic heterocycles. The average Bonchev–Trinajstić information content (AvgIpc) is 3.14. The van der Waals surface area contributed by atoms with Crippen LogP contribution < -0.4 is 9.47 Å². The van der Waals surface area contributed by atoms with Gasteiger partial charge in [-0.1, -0.05) is 23.7 Å². The molecule has 2 aromatic carbocycles. The summed E-state index contributed by atoms with van der Waals surface area (Å²) in [5.74, 6) is 0.428. The molecule has 0 spiro atoms. The van der Waals surface area contributed by atoms with Crippen molar-refractivity contribution in [2.24, 2.45) is 0 Å². The Morgan fingerprint density at radius 1 is 1.19 bits per heavy atom. The number of para-hydroxylation sites is 1. The minimum Gasteiger partial charge on any atom is -0.493 e. The van der Waals surface area contributed by atoms with Crippen LogP contribution in [0.25, 0.3) is 5.69 Å². The number of hydrogen-bond acceptors (Lipinski definition) is 7. The third-order valence-electron chi connectivity index (χ3n) is 5.07. The van der Waals surface area contributed by atoms with Gasteiger partial charge in [0.15, 0.2) is 23.1 Å². The van der Waals surface area contributed by atoms with E-state index in [1.54, 1.807) is 34.9 Å². The smallest absolute Gasteiger partial charge is 0.306 e. The van der Waals surface area contributed by atoms with Gasteiger partial charge in [-0.15, -0.1) is 10.2 Å². The maximum atomic E-state index is 11.6. The Labute approximate surface area is 182 Å². The zero-order valence-corrected chi connectivity index (χ0v) is 17.5. The molecular formula is C21H20ClN3O6. The first-order chi connectivity index (χ1) is 15.0. The Morgan fingerprint density at radius 2 is 2.00 bits per heavy atom. The Balaban J connectivity index is 2.00. The number of carboxylic acid groups (broad SMARTS) is 1. The molecule has 1 aliphatic heterocycles. The van der Waals surface area contributed by atoms with Crippen molar-refractivity contribution in [3.8, 4) is 17.2 Å². The number of methoxy groups -OCH3 is 2. The van der Waals surface area contributed by atoms with Crippen LogP contribution in [-0.2, 0) is 16.1 Å². The van der Waals surface area contributed by atoms with Crippen LogP contribution in [0.3, 0.4) is 0 Å². The second kappa shape index (κ2) is 8.54. The highest BCUT2D eigenvalue weighted by molar-refractivity contribution is 6.30. The number of aliphatic hydroxyl groups excluding tert-OH is 1. The van der Waals surface area contributed by atoms with Crippen LogP contribution in [0.5, 0.6) is 11.5 Å². The number of carbonyl (C=O) groups is 1. The molecule has 0 bridgehead atoms. The van der Waals surface area contributed by atoms with Crippen molar-refractivity contribution in [2.45, 2.75) is 25.2 Å². The van der Waals surface area contributed by atoms with E-state index in [0.29, 0.717) is 33.3 Å². The van der Waals surface area contributed by atoms with Gasteiger partial charge in [0.1, 0.15) is 18.8 Å². The maximum Gasteiger partial charge on any atom is 0.306 e. The maximum absolute atomic E-state index is 11.6. The van der Waals surface area contributed by atoms with E-state index in [2.05, 4.69) is 10.2 Å². The molecule has 2 heterocycles. The molecule has 0 saturated carbocycles. The molecular weight excluding hydrogens is 426 g/mol. The minimum atomic E-state index is -1.06. The molecule has 4 rings (SSSR count). The van der Waals surface area contributed by atoms with Gasteiger partial charge in [0.25, 0.3) is 0 Å². The zero-order valence-electron chi connectivity index (χ0n) is 16.8. The molecule has 0 saturated heterocycles. The normalized spacial score (nSPS) is 17.4. The first kappa shape index (κ1) is 21.1. The van der Waals surface area contributed by atoms with E-state index in [1.807, 2.05) is 6.07 Å². The highest BCUT2D eigenvalue weighted by atomic mass is 35.5. The van der Waals surface area contributed by atoms with Crippen molar-refractivity contribution < 1.29 is 29.2 Å². The minimum absolute atomic E-state index is 0.260. The number of fused-ring (bicyclic) bond motifs is 3. The Hall–Kier alpha value is -3.14. The summed E-state index contributed by atoms with van der Waals surface area (Å²) >= 11 is 6.31. The Morgan fingerprint density at radius 3 is 2.68 bits per heavy atom. The molecule has 3 aromatic rings. The number of carboxylic acids is 1. The van der Waals surface area contributed by atoms with Crippen LogP contribution in [-0.4, -0.2) is 45.2 Å². The fourth-order valence-corrected chi connectivity index (χ4v) is 3.98. The molecule has 2 unspecified atom stereocenters. The predicted octanol–water partition coefficient (Wildman–Crippen LogP) is 3.07. The van der Waals surface area contributed by atoms with Gasteiger partial charge < -0.3 is 24.4 Å². The SMILES string of the molecule is COc1cccc(C2OC(CC(=O)O)c3nnc(CO)n3-c3ccc(Cl)cc32)c1OC. The summed E-state index contributed by atoms with van der Waals surface area (Å²) in [7, 11) is 3.05. The second-order valence-corrected chi connectivity index (χ2v) is 7.29. The molecule has 2 N–H and O–H groups in total. The third kappa shape index (κ3) is 3.71. The van der Waals surface area contributed by atoms with Crippen LogP contribution in [0.15, 0.2) is 36.4 Å².